The average molecular weight is 210 g/mol. The molecule has 0 aliphatic carbocycles. The van der Waals surface area contributed by atoms with Gasteiger partial charge in [-0.25, -0.2) is 0 Å². The van der Waals surface area contributed by atoms with Crippen molar-refractivity contribution in [2.24, 2.45) is 0 Å². The Morgan fingerprint density at radius 1 is 1.27 bits per heavy atom. The van der Waals surface area contributed by atoms with E-state index in [4.69, 9.17) is 9.84 Å². The highest BCUT2D eigenvalue weighted by Gasteiger charge is 2.11. The van der Waals surface area contributed by atoms with Crippen molar-refractivity contribution in [1.82, 2.24) is 0 Å². The van der Waals surface area contributed by atoms with Gasteiger partial charge in [-0.3, -0.25) is 0 Å². The number of aromatic hydroxyl groups is 1. The molecule has 84 valence electrons. The van der Waals surface area contributed by atoms with Crippen LogP contribution in [0.1, 0.15) is 23.1 Å². The second kappa shape index (κ2) is 5.03. The SMILES string of the molecule is COc1c(O)cc(CCCO)c(C)c1C. The Bertz CT molecular complexity index is 345. The number of rotatable bonds is 4. The fraction of sp³-hybridized carbons (Fsp3) is 0.500. The minimum Gasteiger partial charge on any atom is -0.504 e. The largest absolute Gasteiger partial charge is 0.504 e. The van der Waals surface area contributed by atoms with Crippen LogP contribution in [0, 0.1) is 13.8 Å². The van der Waals surface area contributed by atoms with E-state index < -0.39 is 0 Å². The van der Waals surface area contributed by atoms with E-state index in [9.17, 15) is 5.11 Å². The number of hydrogen-bond donors (Lipinski definition) is 2. The van der Waals surface area contributed by atoms with Gasteiger partial charge in [-0.05, 0) is 49.4 Å². The van der Waals surface area contributed by atoms with Crippen molar-refractivity contribution < 1.29 is 14.9 Å². The third kappa shape index (κ3) is 2.42. The van der Waals surface area contributed by atoms with E-state index >= 15 is 0 Å². The van der Waals surface area contributed by atoms with E-state index in [1.165, 1.54) is 0 Å². The van der Waals surface area contributed by atoms with Crippen molar-refractivity contribution in [2.75, 3.05) is 13.7 Å². The lowest BCUT2D eigenvalue weighted by molar-refractivity contribution is 0.288. The molecular formula is C12H18O3. The van der Waals surface area contributed by atoms with Gasteiger partial charge in [0.05, 0.1) is 7.11 Å². The number of hydrogen-bond acceptors (Lipinski definition) is 3. The van der Waals surface area contributed by atoms with Crippen LogP contribution in [-0.2, 0) is 6.42 Å². The van der Waals surface area contributed by atoms with Gasteiger partial charge < -0.3 is 14.9 Å². The van der Waals surface area contributed by atoms with Crippen LogP contribution < -0.4 is 4.74 Å². The highest BCUT2D eigenvalue weighted by Crippen LogP contribution is 2.34. The van der Waals surface area contributed by atoms with Crippen LogP contribution in [0.25, 0.3) is 0 Å². The van der Waals surface area contributed by atoms with Gasteiger partial charge in [0.1, 0.15) is 0 Å². The lowest BCUT2D eigenvalue weighted by Crippen LogP contribution is -1.98. The number of aliphatic hydroxyl groups is 1. The number of phenols is 1. The van der Waals surface area contributed by atoms with Crippen molar-refractivity contribution in [2.45, 2.75) is 26.7 Å². The van der Waals surface area contributed by atoms with Crippen LogP contribution in [-0.4, -0.2) is 23.9 Å². The molecule has 0 heterocycles. The molecular weight excluding hydrogens is 192 g/mol. The van der Waals surface area contributed by atoms with Crippen molar-refractivity contribution in [3.8, 4) is 11.5 Å². The summed E-state index contributed by atoms with van der Waals surface area (Å²) in [5.74, 6) is 0.716. The molecule has 0 aromatic heterocycles. The molecule has 0 fully saturated rings. The Kier molecular flexibility index (Phi) is 3.97. The third-order valence-electron chi connectivity index (χ3n) is 2.74. The standard InChI is InChI=1S/C12H18O3/c1-8-9(2)12(15-3)11(14)7-10(8)5-4-6-13/h7,13-14H,4-6H2,1-3H3. The van der Waals surface area contributed by atoms with E-state index in [1.54, 1.807) is 13.2 Å². The van der Waals surface area contributed by atoms with Gasteiger partial charge in [-0.15, -0.1) is 0 Å². The predicted octanol–water partition coefficient (Wildman–Crippen LogP) is 1.94. The fourth-order valence-electron chi connectivity index (χ4n) is 1.73. The number of methoxy groups -OCH3 is 1. The number of benzene rings is 1. The molecule has 0 amide bonds. The van der Waals surface area contributed by atoms with Gasteiger partial charge in [-0.1, -0.05) is 0 Å². The summed E-state index contributed by atoms with van der Waals surface area (Å²) < 4.78 is 5.12. The predicted molar refractivity (Wildman–Crippen MR) is 59.5 cm³/mol. The van der Waals surface area contributed by atoms with Crippen molar-refractivity contribution in [3.63, 3.8) is 0 Å². The molecule has 0 aliphatic heterocycles. The number of phenolic OH excluding ortho intramolecular Hbond substituents is 1. The average Bonchev–Trinajstić information content (AvgIpc) is 2.22. The van der Waals surface area contributed by atoms with E-state index in [0.29, 0.717) is 12.2 Å². The van der Waals surface area contributed by atoms with Crippen molar-refractivity contribution >= 4 is 0 Å². The Labute approximate surface area is 90.3 Å². The Morgan fingerprint density at radius 3 is 2.47 bits per heavy atom. The molecule has 0 spiro atoms. The molecule has 1 rings (SSSR count). The molecule has 0 radical (unpaired) electrons. The first kappa shape index (κ1) is 11.9. The van der Waals surface area contributed by atoms with E-state index in [2.05, 4.69) is 0 Å². The van der Waals surface area contributed by atoms with E-state index in [0.717, 1.165) is 23.1 Å². The summed E-state index contributed by atoms with van der Waals surface area (Å²) >= 11 is 0. The maximum atomic E-state index is 9.71. The van der Waals surface area contributed by atoms with E-state index in [-0.39, 0.29) is 12.4 Å². The zero-order valence-corrected chi connectivity index (χ0v) is 9.50. The summed E-state index contributed by atoms with van der Waals surface area (Å²) in [4.78, 5) is 0. The van der Waals surface area contributed by atoms with Gasteiger partial charge in [0.25, 0.3) is 0 Å². The van der Waals surface area contributed by atoms with Crippen LogP contribution in [0.15, 0.2) is 6.07 Å². The number of aryl methyl sites for hydroxylation is 1. The first-order valence-corrected chi connectivity index (χ1v) is 5.08. The molecule has 0 atom stereocenters. The first-order valence-electron chi connectivity index (χ1n) is 5.08. The molecule has 3 nitrogen and oxygen atoms in total. The van der Waals surface area contributed by atoms with Gasteiger partial charge in [-0.2, -0.15) is 0 Å². The van der Waals surface area contributed by atoms with Crippen LogP contribution in [0.4, 0.5) is 0 Å². The van der Waals surface area contributed by atoms with E-state index in [1.807, 2.05) is 13.8 Å². The second-order valence-corrected chi connectivity index (χ2v) is 3.67. The van der Waals surface area contributed by atoms with Crippen LogP contribution >= 0.6 is 0 Å². The molecule has 15 heavy (non-hydrogen) atoms. The zero-order chi connectivity index (χ0) is 11.4. The molecule has 3 heteroatoms. The molecule has 1 aromatic carbocycles. The third-order valence-corrected chi connectivity index (χ3v) is 2.74. The Balaban J connectivity index is 3.10. The highest BCUT2D eigenvalue weighted by atomic mass is 16.5. The molecule has 0 unspecified atom stereocenters. The number of ether oxygens (including phenoxy) is 1. The summed E-state index contributed by atoms with van der Waals surface area (Å²) in [6.07, 6.45) is 1.49. The quantitative estimate of drug-likeness (QED) is 0.798. The molecule has 0 bridgehead atoms. The molecule has 0 aliphatic rings. The maximum Gasteiger partial charge on any atom is 0.163 e. The smallest absolute Gasteiger partial charge is 0.163 e. The first-order chi connectivity index (χ1) is 7.11. The molecule has 1 aromatic rings. The molecule has 2 N–H and O–H groups in total. The summed E-state index contributed by atoms with van der Waals surface area (Å²) in [7, 11) is 1.55. The van der Waals surface area contributed by atoms with Gasteiger partial charge in [0, 0.05) is 6.61 Å². The normalized spacial score (nSPS) is 10.4. The highest BCUT2D eigenvalue weighted by molar-refractivity contribution is 5.52. The monoisotopic (exact) mass is 210 g/mol. The molecule has 0 saturated carbocycles. The van der Waals surface area contributed by atoms with Crippen LogP contribution in [0.3, 0.4) is 0 Å². The minimum absolute atomic E-state index is 0.172. The molecule has 0 saturated heterocycles. The van der Waals surface area contributed by atoms with Crippen molar-refractivity contribution in [3.05, 3.63) is 22.8 Å². The van der Waals surface area contributed by atoms with Gasteiger partial charge in [0.15, 0.2) is 11.5 Å². The maximum absolute atomic E-state index is 9.71. The van der Waals surface area contributed by atoms with Gasteiger partial charge >= 0.3 is 0 Å². The van der Waals surface area contributed by atoms with Gasteiger partial charge in [0.2, 0.25) is 0 Å². The number of aliphatic hydroxyl groups excluding tert-OH is 1. The fourth-order valence-corrected chi connectivity index (χ4v) is 1.73. The van der Waals surface area contributed by atoms with Crippen LogP contribution in [0.5, 0.6) is 11.5 Å². The summed E-state index contributed by atoms with van der Waals surface area (Å²) in [6.45, 7) is 4.10. The second-order valence-electron chi connectivity index (χ2n) is 3.67. The Morgan fingerprint density at radius 2 is 1.93 bits per heavy atom. The zero-order valence-electron chi connectivity index (χ0n) is 9.50. The summed E-state index contributed by atoms with van der Waals surface area (Å²) in [6, 6.07) is 1.72. The van der Waals surface area contributed by atoms with Crippen LogP contribution in [0.2, 0.25) is 0 Å². The summed E-state index contributed by atoms with van der Waals surface area (Å²) in [5.41, 5.74) is 3.16. The topological polar surface area (TPSA) is 49.7 Å². The summed E-state index contributed by atoms with van der Waals surface area (Å²) in [5, 5.41) is 18.5. The lowest BCUT2D eigenvalue weighted by Gasteiger charge is -2.14. The lowest BCUT2D eigenvalue weighted by atomic mass is 9.98. The Hall–Kier alpha value is -1.22. The van der Waals surface area contributed by atoms with Crippen molar-refractivity contribution in [1.29, 1.82) is 0 Å². The minimum atomic E-state index is 0.172.